The van der Waals surface area contributed by atoms with Crippen molar-refractivity contribution in [2.24, 2.45) is 0 Å². The average molecular weight is 224 g/mol. The molecule has 0 bridgehead atoms. The summed E-state index contributed by atoms with van der Waals surface area (Å²) in [6.45, 7) is 2.37. The Bertz CT molecular complexity index is 68.5. The van der Waals surface area contributed by atoms with Gasteiger partial charge in [0.1, 0.15) is 0 Å². The summed E-state index contributed by atoms with van der Waals surface area (Å²) >= 11 is 2.59. The Kier molecular flexibility index (Phi) is 2.18. The smallest absolute Gasteiger partial charge is 0.0194 e. The first-order valence-electron chi connectivity index (χ1n) is 3.40. The van der Waals surface area contributed by atoms with Crippen molar-refractivity contribution in [3.8, 4) is 0 Å². The highest BCUT2D eigenvalue weighted by Gasteiger charge is 2.21. The molecule has 1 fully saturated rings. The summed E-state index contributed by atoms with van der Waals surface area (Å²) in [5.41, 5.74) is 0. The molecule has 1 heteroatoms. The van der Waals surface area contributed by atoms with E-state index in [-0.39, 0.29) is 0 Å². The quantitative estimate of drug-likeness (QED) is 0.438. The second-order valence-corrected chi connectivity index (χ2v) is 5.58. The topological polar surface area (TPSA) is 0 Å². The lowest BCUT2D eigenvalue weighted by atomic mass is 9.91. The molecule has 0 amide bonds. The number of alkyl halides is 1. The van der Waals surface area contributed by atoms with E-state index in [0.29, 0.717) is 3.42 Å². The molecule has 1 saturated carbocycles. The Balaban J connectivity index is 2.33. The van der Waals surface area contributed by atoms with Gasteiger partial charge in [-0.15, -0.1) is 0 Å². The lowest BCUT2D eigenvalue weighted by molar-refractivity contribution is 0.439. The van der Waals surface area contributed by atoms with Crippen LogP contribution in [0, 0.1) is 0 Å². The van der Waals surface area contributed by atoms with E-state index in [2.05, 4.69) is 29.5 Å². The average Bonchev–Trinajstić information content (AvgIpc) is 1.65. The zero-order chi connectivity index (χ0) is 6.04. The fourth-order valence-electron chi connectivity index (χ4n) is 1.29. The van der Waals surface area contributed by atoms with Gasteiger partial charge in [0.2, 0.25) is 0 Å². The third-order valence-corrected chi connectivity index (χ3v) is 2.97. The van der Waals surface area contributed by atoms with Crippen LogP contribution in [0.2, 0.25) is 0 Å². The second-order valence-electron chi connectivity index (χ2n) is 2.97. The van der Waals surface area contributed by atoms with Gasteiger partial charge < -0.3 is 0 Å². The molecule has 0 spiro atoms. The number of hydrogen-bond donors (Lipinski definition) is 0. The summed E-state index contributed by atoms with van der Waals surface area (Å²) in [5, 5.41) is 0. The molecule has 8 heavy (non-hydrogen) atoms. The maximum atomic E-state index is 2.59. The summed E-state index contributed by atoms with van der Waals surface area (Å²) in [6, 6.07) is 0. The van der Waals surface area contributed by atoms with Gasteiger partial charge in [0, 0.05) is 3.42 Å². The minimum atomic E-state index is 0.649. The van der Waals surface area contributed by atoms with Crippen LogP contribution >= 0.6 is 22.6 Å². The van der Waals surface area contributed by atoms with Crippen molar-refractivity contribution < 1.29 is 0 Å². The third kappa shape index (κ3) is 1.92. The van der Waals surface area contributed by atoms with Crippen LogP contribution in [0.5, 0.6) is 0 Å². The highest BCUT2D eigenvalue weighted by Crippen LogP contribution is 2.35. The van der Waals surface area contributed by atoms with Gasteiger partial charge in [0.05, 0.1) is 0 Å². The first-order valence-corrected chi connectivity index (χ1v) is 4.47. The molecule has 0 nitrogen and oxygen atoms in total. The Hall–Kier alpha value is 0.730. The number of halogens is 1. The first-order chi connectivity index (χ1) is 3.71. The standard InChI is InChI=1S/C7H13I/c1-7(8)5-3-2-4-6-7/h2-6H2,1H3. The summed E-state index contributed by atoms with van der Waals surface area (Å²) in [7, 11) is 0. The van der Waals surface area contributed by atoms with E-state index in [1.54, 1.807) is 0 Å². The highest BCUT2D eigenvalue weighted by molar-refractivity contribution is 14.1. The van der Waals surface area contributed by atoms with Gasteiger partial charge in [-0.3, -0.25) is 0 Å². The molecule has 0 heterocycles. The van der Waals surface area contributed by atoms with Crippen LogP contribution in [-0.4, -0.2) is 3.42 Å². The maximum absolute atomic E-state index is 2.59. The van der Waals surface area contributed by atoms with E-state index in [0.717, 1.165) is 0 Å². The van der Waals surface area contributed by atoms with Gasteiger partial charge in [-0.25, -0.2) is 0 Å². The molecule has 0 aromatic carbocycles. The predicted molar refractivity (Wildman–Crippen MR) is 45.5 cm³/mol. The molecule has 0 N–H and O–H groups in total. The first kappa shape index (κ1) is 6.84. The van der Waals surface area contributed by atoms with Crippen LogP contribution in [0.1, 0.15) is 39.0 Å². The fraction of sp³-hybridized carbons (Fsp3) is 1.00. The Morgan fingerprint density at radius 2 is 1.62 bits per heavy atom. The molecule has 0 radical (unpaired) electrons. The van der Waals surface area contributed by atoms with Crippen LogP contribution in [-0.2, 0) is 0 Å². The third-order valence-electron chi connectivity index (χ3n) is 1.90. The number of rotatable bonds is 0. The zero-order valence-corrected chi connectivity index (χ0v) is 7.57. The summed E-state index contributed by atoms with van der Waals surface area (Å²) in [4.78, 5) is 0. The molecule has 0 aromatic heterocycles. The van der Waals surface area contributed by atoms with E-state index in [4.69, 9.17) is 0 Å². The van der Waals surface area contributed by atoms with Crippen molar-refractivity contribution in [1.29, 1.82) is 0 Å². The molecule has 0 aliphatic heterocycles. The minimum Gasteiger partial charge on any atom is -0.0792 e. The van der Waals surface area contributed by atoms with E-state index in [1.807, 2.05) is 0 Å². The molecule has 0 atom stereocenters. The fourth-order valence-corrected chi connectivity index (χ4v) is 2.05. The summed E-state index contributed by atoms with van der Waals surface area (Å²) in [6.07, 6.45) is 7.26. The van der Waals surface area contributed by atoms with Crippen LogP contribution in [0.15, 0.2) is 0 Å². The molecular weight excluding hydrogens is 211 g/mol. The molecule has 0 unspecified atom stereocenters. The minimum absolute atomic E-state index is 0.649. The van der Waals surface area contributed by atoms with Crippen LogP contribution in [0.25, 0.3) is 0 Å². The normalized spacial score (nSPS) is 27.8. The van der Waals surface area contributed by atoms with Crippen LogP contribution in [0.3, 0.4) is 0 Å². The van der Waals surface area contributed by atoms with Crippen molar-refractivity contribution in [3.63, 3.8) is 0 Å². The van der Waals surface area contributed by atoms with Gasteiger partial charge in [0.15, 0.2) is 0 Å². The van der Waals surface area contributed by atoms with Crippen molar-refractivity contribution >= 4 is 22.6 Å². The monoisotopic (exact) mass is 224 g/mol. The van der Waals surface area contributed by atoms with Crippen molar-refractivity contribution in [1.82, 2.24) is 0 Å². The molecule has 1 rings (SSSR count). The Morgan fingerprint density at radius 3 is 1.88 bits per heavy atom. The molecule has 0 aromatic rings. The Labute approximate surface area is 65.2 Å². The summed E-state index contributed by atoms with van der Waals surface area (Å²) < 4.78 is 0.649. The van der Waals surface area contributed by atoms with Gasteiger partial charge in [-0.05, 0) is 12.8 Å². The molecule has 0 saturated heterocycles. The Morgan fingerprint density at radius 1 is 1.12 bits per heavy atom. The van der Waals surface area contributed by atoms with E-state index in [9.17, 15) is 0 Å². The van der Waals surface area contributed by atoms with Crippen molar-refractivity contribution in [3.05, 3.63) is 0 Å². The van der Waals surface area contributed by atoms with E-state index >= 15 is 0 Å². The van der Waals surface area contributed by atoms with Crippen LogP contribution in [0.4, 0.5) is 0 Å². The molecular formula is C7H13I. The van der Waals surface area contributed by atoms with Gasteiger partial charge in [0.25, 0.3) is 0 Å². The second kappa shape index (κ2) is 2.54. The van der Waals surface area contributed by atoms with E-state index < -0.39 is 0 Å². The number of hydrogen-bond acceptors (Lipinski definition) is 0. The van der Waals surface area contributed by atoms with Crippen LogP contribution < -0.4 is 0 Å². The van der Waals surface area contributed by atoms with Crippen molar-refractivity contribution in [2.45, 2.75) is 42.4 Å². The molecule has 1 aliphatic carbocycles. The highest BCUT2D eigenvalue weighted by atomic mass is 127. The van der Waals surface area contributed by atoms with E-state index in [1.165, 1.54) is 32.1 Å². The predicted octanol–water partition coefficient (Wildman–Crippen LogP) is 3.14. The maximum Gasteiger partial charge on any atom is 0.0194 e. The van der Waals surface area contributed by atoms with Crippen molar-refractivity contribution in [2.75, 3.05) is 0 Å². The zero-order valence-electron chi connectivity index (χ0n) is 5.41. The SMILES string of the molecule is CC1(I)CCCCC1. The van der Waals surface area contributed by atoms with Gasteiger partial charge in [-0.2, -0.15) is 0 Å². The lowest BCUT2D eigenvalue weighted by Gasteiger charge is -2.26. The molecule has 48 valence electrons. The van der Waals surface area contributed by atoms with Gasteiger partial charge >= 0.3 is 0 Å². The lowest BCUT2D eigenvalue weighted by Crippen LogP contribution is -2.18. The van der Waals surface area contributed by atoms with Gasteiger partial charge in [-0.1, -0.05) is 48.8 Å². The summed E-state index contributed by atoms with van der Waals surface area (Å²) in [5.74, 6) is 0. The molecule has 1 aliphatic rings. The largest absolute Gasteiger partial charge is 0.0792 e.